The van der Waals surface area contributed by atoms with Crippen LogP contribution in [-0.2, 0) is 22.6 Å². The van der Waals surface area contributed by atoms with Gasteiger partial charge < -0.3 is 35.2 Å². The van der Waals surface area contributed by atoms with Gasteiger partial charge >= 0.3 is 6.03 Å². The van der Waals surface area contributed by atoms with E-state index in [1.165, 1.54) is 18.0 Å². The van der Waals surface area contributed by atoms with Gasteiger partial charge in [-0.25, -0.2) is 4.79 Å². The lowest BCUT2D eigenvalue weighted by atomic mass is 9.91. The molecule has 9 nitrogen and oxygen atoms in total. The third-order valence-corrected chi connectivity index (χ3v) is 10.4. The number of ether oxygens (including phenoxy) is 3. The molecular formula is C44H41N3O6S. The number of hydrogen-bond acceptors (Lipinski definition) is 7. The first-order valence-electron chi connectivity index (χ1n) is 17.8. The molecule has 1 aliphatic rings. The van der Waals surface area contributed by atoms with Crippen LogP contribution in [0, 0.1) is 11.1 Å². The molecule has 1 saturated heterocycles. The van der Waals surface area contributed by atoms with E-state index >= 15 is 0 Å². The lowest BCUT2D eigenvalue weighted by Gasteiger charge is -2.41. The minimum absolute atomic E-state index is 0.0184. The zero-order valence-electron chi connectivity index (χ0n) is 29.7. The number of aliphatic hydroxyl groups is 1. The van der Waals surface area contributed by atoms with Gasteiger partial charge in [-0.15, -0.1) is 0 Å². The van der Waals surface area contributed by atoms with Gasteiger partial charge in [0.05, 0.1) is 18.8 Å². The molecule has 4 atom stereocenters. The summed E-state index contributed by atoms with van der Waals surface area (Å²) in [4.78, 5) is 12.8. The van der Waals surface area contributed by atoms with Gasteiger partial charge in [0.15, 0.2) is 12.5 Å². The Morgan fingerprint density at radius 1 is 0.778 bits per heavy atom. The summed E-state index contributed by atoms with van der Waals surface area (Å²) in [6.07, 6.45) is 0.347. The molecule has 10 heteroatoms. The minimum Gasteiger partial charge on any atom is -0.618 e. The quantitative estimate of drug-likeness (QED) is 0.0651. The molecule has 0 spiro atoms. The van der Waals surface area contributed by atoms with Gasteiger partial charge in [-0.1, -0.05) is 97.5 Å². The van der Waals surface area contributed by atoms with Crippen LogP contribution in [0.5, 0.6) is 11.5 Å². The molecular weight excluding hydrogens is 699 g/mol. The van der Waals surface area contributed by atoms with Crippen LogP contribution in [0.1, 0.15) is 41.6 Å². The Morgan fingerprint density at radius 2 is 1.50 bits per heavy atom. The maximum Gasteiger partial charge on any atom is 0.319 e. The number of aliphatic hydroxyl groups excluding tert-OH is 1. The first-order valence-corrected chi connectivity index (χ1v) is 18.8. The Bertz CT molecular complexity index is 2150. The summed E-state index contributed by atoms with van der Waals surface area (Å²) in [5.74, 6) is 1.97. The van der Waals surface area contributed by atoms with Crippen LogP contribution in [0.25, 0.3) is 11.1 Å². The highest BCUT2D eigenvalue weighted by Gasteiger charge is 2.38. The number of carbonyl (C=O) groups excluding carboxylic acids is 1. The van der Waals surface area contributed by atoms with Gasteiger partial charge in [-0.3, -0.25) is 0 Å². The van der Waals surface area contributed by atoms with Gasteiger partial charge in [0.25, 0.3) is 5.03 Å². The molecule has 0 radical (unpaired) electrons. The van der Waals surface area contributed by atoms with Crippen LogP contribution < -0.4 is 20.1 Å². The highest BCUT2D eigenvalue weighted by Crippen LogP contribution is 2.43. The maximum absolute atomic E-state index is 12.8. The van der Waals surface area contributed by atoms with Crippen molar-refractivity contribution in [2.75, 3.05) is 11.1 Å². The number of aromatic nitrogens is 1. The van der Waals surface area contributed by atoms with Crippen molar-refractivity contribution in [2.45, 2.75) is 43.6 Å². The average Bonchev–Trinajstić information content (AvgIpc) is 3.21. The van der Waals surface area contributed by atoms with Crippen molar-refractivity contribution in [2.24, 2.45) is 5.92 Å². The van der Waals surface area contributed by atoms with E-state index in [2.05, 4.69) is 29.7 Å². The number of nitrogens with one attached hydrogen (secondary N) is 2. The summed E-state index contributed by atoms with van der Waals surface area (Å²) in [7, 11) is 0. The monoisotopic (exact) mass is 739 g/mol. The normalized spacial score (nSPS) is 18.1. The number of thioether (sulfide) groups is 1. The molecule has 2 heterocycles. The van der Waals surface area contributed by atoms with Crippen LogP contribution in [0.15, 0.2) is 157 Å². The van der Waals surface area contributed by atoms with E-state index in [4.69, 9.17) is 14.2 Å². The molecule has 0 aliphatic carbocycles. The van der Waals surface area contributed by atoms with Gasteiger partial charge in [-0.2, -0.15) is 4.73 Å². The topological polar surface area (TPSA) is 116 Å². The van der Waals surface area contributed by atoms with E-state index < -0.39 is 6.29 Å². The van der Waals surface area contributed by atoms with Crippen LogP contribution in [0.3, 0.4) is 0 Å². The smallest absolute Gasteiger partial charge is 0.319 e. The summed E-state index contributed by atoms with van der Waals surface area (Å²) in [6, 6.07) is 45.8. The van der Waals surface area contributed by atoms with Crippen molar-refractivity contribution in [1.82, 2.24) is 5.32 Å². The maximum atomic E-state index is 12.8. The Morgan fingerprint density at radius 3 is 2.26 bits per heavy atom. The van der Waals surface area contributed by atoms with E-state index in [1.807, 2.05) is 115 Å². The number of nitrogens with zero attached hydrogens (tertiary/aromatic N) is 1. The Balaban J connectivity index is 1.02. The third-order valence-electron chi connectivity index (χ3n) is 9.27. The Labute approximate surface area is 319 Å². The molecule has 2 amide bonds. The van der Waals surface area contributed by atoms with Crippen LogP contribution in [-0.4, -0.2) is 23.0 Å². The first kappa shape index (κ1) is 36.7. The van der Waals surface area contributed by atoms with Crippen LogP contribution in [0.2, 0.25) is 0 Å². The summed E-state index contributed by atoms with van der Waals surface area (Å²) >= 11 is 1.46. The number of carbonyl (C=O) groups is 1. The SMILES string of the molecule is C[C@H]1[C@@H](CSc2cccc[n+]2[O-])O[C@@H](c2cccc(-c3cccc(CNC(=O)Nc4ccc(Oc5ccccc5)cc4)c3)c2)O[C@H]1c1ccc(CO)cc1. The van der Waals surface area contributed by atoms with Crippen molar-refractivity contribution in [3.63, 3.8) is 0 Å². The van der Waals surface area contributed by atoms with Gasteiger partial charge in [0, 0.05) is 41.6 Å². The zero-order chi connectivity index (χ0) is 37.3. The molecule has 3 N–H and O–H groups in total. The molecule has 5 aromatic carbocycles. The van der Waals surface area contributed by atoms with Gasteiger partial charge in [0.2, 0.25) is 0 Å². The van der Waals surface area contributed by atoms with Crippen molar-refractivity contribution in [3.05, 3.63) is 179 Å². The number of rotatable bonds is 12. The second kappa shape index (κ2) is 17.5. The summed E-state index contributed by atoms with van der Waals surface area (Å²) < 4.78 is 20.1. The minimum atomic E-state index is -0.656. The molecule has 1 aromatic heterocycles. The van der Waals surface area contributed by atoms with E-state index in [-0.39, 0.29) is 30.8 Å². The summed E-state index contributed by atoms with van der Waals surface area (Å²) in [5, 5.41) is 28.4. The number of hydrogen-bond donors (Lipinski definition) is 3. The zero-order valence-corrected chi connectivity index (χ0v) is 30.5. The molecule has 0 bridgehead atoms. The molecule has 274 valence electrons. The number of pyridine rings is 1. The van der Waals surface area contributed by atoms with E-state index in [0.29, 0.717) is 28.8 Å². The predicted octanol–water partition coefficient (Wildman–Crippen LogP) is 9.18. The predicted molar refractivity (Wildman–Crippen MR) is 210 cm³/mol. The molecule has 6 aromatic rings. The number of anilines is 1. The van der Waals surface area contributed by atoms with Crippen LogP contribution >= 0.6 is 11.8 Å². The second-order valence-corrected chi connectivity index (χ2v) is 14.1. The standard InChI is InChI=1S/C44H41N3O6S/c1-30-40(29-54-41-15-5-6-24-47(41)50)52-43(53-42(30)33-18-16-31(28-48)17-19-33)36-12-8-11-35(26-36)34-10-7-9-32(25-34)27-45-44(49)46-37-20-22-39(23-21-37)51-38-13-3-2-4-14-38/h2-26,30,40,42-43,48H,27-29H2,1H3,(H2,45,46,49)/t30-,40+,42+,43+/m0/s1. The summed E-state index contributed by atoms with van der Waals surface area (Å²) in [5.41, 5.74) is 6.26. The highest BCUT2D eigenvalue weighted by molar-refractivity contribution is 7.99. The lowest BCUT2D eigenvalue weighted by Crippen LogP contribution is -2.39. The second-order valence-electron chi connectivity index (χ2n) is 13.1. The molecule has 1 aliphatic heterocycles. The van der Waals surface area contributed by atoms with Crippen LogP contribution in [0.4, 0.5) is 10.5 Å². The molecule has 0 unspecified atom stereocenters. The fraction of sp³-hybridized carbons (Fsp3) is 0.182. The lowest BCUT2D eigenvalue weighted by molar-refractivity contribution is -0.645. The fourth-order valence-corrected chi connectivity index (χ4v) is 7.40. The average molecular weight is 740 g/mol. The molecule has 7 rings (SSSR count). The number of amides is 2. The van der Waals surface area contributed by atoms with Gasteiger partial charge in [-0.05, 0) is 82.4 Å². The van der Waals surface area contributed by atoms with Crippen molar-refractivity contribution >= 4 is 23.5 Å². The largest absolute Gasteiger partial charge is 0.618 e. The molecule has 1 fully saturated rings. The number of para-hydroxylation sites is 1. The van der Waals surface area contributed by atoms with Gasteiger partial charge in [0.1, 0.15) is 11.5 Å². The van der Waals surface area contributed by atoms with E-state index in [1.54, 1.807) is 18.2 Å². The molecule has 54 heavy (non-hydrogen) atoms. The Kier molecular flexibility index (Phi) is 11.9. The molecule has 0 saturated carbocycles. The van der Waals surface area contributed by atoms with Crippen molar-refractivity contribution in [3.8, 4) is 22.6 Å². The Hall–Kier alpha value is -5.65. The first-order chi connectivity index (χ1) is 26.4. The van der Waals surface area contributed by atoms with E-state index in [9.17, 15) is 15.1 Å². The van der Waals surface area contributed by atoms with Crippen molar-refractivity contribution in [1.29, 1.82) is 0 Å². The number of urea groups is 1. The number of benzene rings is 5. The fourth-order valence-electron chi connectivity index (χ4n) is 6.32. The third kappa shape index (κ3) is 9.28. The van der Waals surface area contributed by atoms with Crippen molar-refractivity contribution < 1.29 is 28.8 Å². The highest BCUT2D eigenvalue weighted by atomic mass is 32.2. The summed E-state index contributed by atoms with van der Waals surface area (Å²) in [6.45, 7) is 2.41. The van der Waals surface area contributed by atoms with E-state index in [0.717, 1.165) is 43.9 Å².